The minimum absolute atomic E-state index is 0. The molecule has 18 aromatic rings. The Labute approximate surface area is 715 Å². The van der Waals surface area contributed by atoms with Gasteiger partial charge in [-0.05, 0) is 121 Å². The van der Waals surface area contributed by atoms with E-state index in [-0.39, 0.29) is 41.2 Å². The van der Waals surface area contributed by atoms with E-state index >= 15 is 0 Å². The number of fused-ring (bicyclic) bond motifs is 14. The van der Waals surface area contributed by atoms with Crippen molar-refractivity contribution < 1.29 is 41.2 Å². The molecule has 0 radical (unpaired) electrons. The minimum Gasteiger partial charge on any atom is -0.309 e. The first-order valence-corrected chi connectivity index (χ1v) is 41.2. The molecule has 5 nitrogen and oxygen atoms in total. The van der Waals surface area contributed by atoms with Crippen molar-refractivity contribution in [3.05, 3.63) is 423 Å². The van der Waals surface area contributed by atoms with E-state index in [1.54, 1.807) is 108 Å². The van der Waals surface area contributed by atoms with Gasteiger partial charge in [0.15, 0.2) is 0 Å². The van der Waals surface area contributed by atoms with Crippen LogP contribution in [-0.4, -0.2) is 24.1 Å². The zero-order chi connectivity index (χ0) is 78.3. The monoisotopic (exact) mass is 1870 g/mol. The molecular weight excluding hydrogens is 1770 g/mol. The van der Waals surface area contributed by atoms with Crippen LogP contribution in [0.4, 0.5) is 0 Å². The van der Waals surface area contributed by atoms with E-state index in [4.69, 9.17) is 0 Å². The second kappa shape index (κ2) is 39.4. The van der Waals surface area contributed by atoms with Gasteiger partial charge in [-0.1, -0.05) is 240 Å². The topological polar surface area (TPSA) is 48.5 Å². The molecule has 7 heteroatoms. The molecule has 0 N–H and O–H groups in total. The molecule has 0 saturated carbocycles. The third kappa shape index (κ3) is 17.8. The summed E-state index contributed by atoms with van der Waals surface area (Å²) < 4.78 is 4.76. The Hall–Kier alpha value is -11.2. The molecule has 13 aromatic carbocycles. The van der Waals surface area contributed by atoms with Crippen LogP contribution in [0, 0.1) is 18.2 Å². The van der Waals surface area contributed by atoms with Gasteiger partial charge in [0.25, 0.3) is 0 Å². The van der Waals surface area contributed by atoms with Crippen LogP contribution in [0.3, 0.4) is 0 Å². The predicted molar refractivity (Wildman–Crippen MR) is 480 cm³/mol. The van der Waals surface area contributed by atoms with Gasteiger partial charge in [0, 0.05) is 51.5 Å². The Bertz CT molecular complexity index is 5320. The van der Waals surface area contributed by atoms with Crippen LogP contribution in [0.5, 0.6) is 0 Å². The molecule has 0 amide bonds. The SMILES string of the molecule is CCc1c2[cH-]c(c1CC)Cc1[cH-]c(c(CC)c1CC)Cc1[cH-]c(c(CC)c1CC)Cc1[cH-]c(c(CC)c1CC)C2.[Ir+3].[Pt+4].[c-]1ccccc1-c1ccccn1.[c-]1ccccc1-c1ccccn1.[c-]1ccccc1-c1ccccn1.c1cc(-c2cccc(-n3c4ccccc4c4ccccc43)c2)cc(-n2c3ccccc3c3ccccc32)c1. The number of rotatable bonds is 14. The fourth-order valence-electron chi connectivity index (χ4n) is 18.0. The van der Waals surface area contributed by atoms with Crippen LogP contribution in [0.1, 0.15) is 144 Å². The van der Waals surface area contributed by atoms with Crippen molar-refractivity contribution in [1.82, 2.24) is 24.1 Å². The van der Waals surface area contributed by atoms with Gasteiger partial charge in [0.1, 0.15) is 0 Å². The molecule has 5 aromatic heterocycles. The van der Waals surface area contributed by atoms with E-state index in [1.165, 1.54) is 66.1 Å². The van der Waals surface area contributed by atoms with Crippen LogP contribution in [-0.2, 0) is 118 Å². The molecule has 0 saturated heterocycles. The van der Waals surface area contributed by atoms with Gasteiger partial charge < -0.3 is 24.1 Å². The Morgan fingerprint density at radius 2 is 0.500 bits per heavy atom. The van der Waals surface area contributed by atoms with Crippen molar-refractivity contribution in [3.63, 3.8) is 0 Å². The van der Waals surface area contributed by atoms with Crippen molar-refractivity contribution in [2.24, 2.45) is 0 Å². The number of hydrogen-bond donors (Lipinski definition) is 0. The fourth-order valence-corrected chi connectivity index (χ4v) is 18.0. The Kier molecular flexibility index (Phi) is 28.1. The van der Waals surface area contributed by atoms with E-state index in [2.05, 4.69) is 268 Å². The molecule has 5 heterocycles. The van der Waals surface area contributed by atoms with Gasteiger partial charge in [0.05, 0.1) is 22.1 Å². The molecule has 580 valence electrons. The first-order chi connectivity index (χ1) is 56.2. The van der Waals surface area contributed by atoms with Crippen LogP contribution in [0.25, 0.3) is 99.9 Å². The summed E-state index contributed by atoms with van der Waals surface area (Å²) in [5.41, 5.74) is 41.5. The van der Waals surface area contributed by atoms with Crippen molar-refractivity contribution in [1.29, 1.82) is 0 Å². The van der Waals surface area contributed by atoms with E-state index < -0.39 is 0 Å². The van der Waals surface area contributed by atoms with Crippen LogP contribution in [0.15, 0.2) is 316 Å². The largest absolute Gasteiger partial charge is 4.00 e. The van der Waals surface area contributed by atoms with Crippen LogP contribution in [0.2, 0.25) is 0 Å². The third-order valence-corrected chi connectivity index (χ3v) is 23.0. The Balaban J connectivity index is 0.000000140. The van der Waals surface area contributed by atoms with Gasteiger partial charge in [-0.15, -0.1) is 108 Å². The number of benzene rings is 9. The summed E-state index contributed by atoms with van der Waals surface area (Å²) in [6.07, 6.45) is 18.8. The second-order valence-corrected chi connectivity index (χ2v) is 29.5. The van der Waals surface area contributed by atoms with Crippen molar-refractivity contribution >= 4 is 43.6 Å². The predicted octanol–water partition coefficient (Wildman–Crippen LogP) is 26.9. The minimum atomic E-state index is 0. The van der Waals surface area contributed by atoms with E-state index in [9.17, 15) is 0 Å². The van der Waals surface area contributed by atoms with Gasteiger partial charge >= 0.3 is 41.2 Å². The van der Waals surface area contributed by atoms with E-state index in [1.807, 2.05) is 127 Å². The maximum Gasteiger partial charge on any atom is 4.00 e. The van der Waals surface area contributed by atoms with Crippen LogP contribution >= 0.6 is 0 Å². The zero-order valence-electron chi connectivity index (χ0n) is 67.9. The first kappa shape index (κ1) is 82.7. The summed E-state index contributed by atoms with van der Waals surface area (Å²) >= 11 is 0. The molecule has 0 unspecified atom stereocenters. The number of hydrogen-bond acceptors (Lipinski definition) is 3. The average Bonchev–Trinajstić information content (AvgIpc) is 1.60. The van der Waals surface area contributed by atoms with Crippen molar-refractivity contribution in [2.45, 2.75) is 132 Å². The zero-order valence-corrected chi connectivity index (χ0v) is 72.6. The molecule has 1 aliphatic carbocycles. The number of pyridine rings is 3. The molecular formula is C109H100IrN5Pt. The van der Waals surface area contributed by atoms with Gasteiger partial charge in [-0.2, -0.15) is 113 Å². The molecule has 0 fully saturated rings. The maximum atomic E-state index is 4.22. The summed E-state index contributed by atoms with van der Waals surface area (Å²) in [6, 6.07) is 113. The van der Waals surface area contributed by atoms with Crippen LogP contribution < -0.4 is 0 Å². The number of nitrogens with zero attached hydrogens (tertiary/aromatic N) is 5. The fraction of sp³-hybridized carbons (Fsp3) is 0.183. The smallest absolute Gasteiger partial charge is 0.309 e. The van der Waals surface area contributed by atoms with Gasteiger partial charge in [-0.25, -0.2) is 0 Å². The summed E-state index contributed by atoms with van der Waals surface area (Å²) in [6.45, 7) is 19.0. The van der Waals surface area contributed by atoms with Crippen molar-refractivity contribution in [2.75, 3.05) is 0 Å². The molecule has 0 spiro atoms. The summed E-state index contributed by atoms with van der Waals surface area (Å²) in [4.78, 5) is 12.7. The second-order valence-electron chi connectivity index (χ2n) is 29.5. The molecule has 8 bridgehead atoms. The molecule has 0 aliphatic heterocycles. The molecule has 0 atom stereocenters. The molecule has 116 heavy (non-hydrogen) atoms. The maximum absolute atomic E-state index is 4.22. The van der Waals surface area contributed by atoms with Gasteiger partial charge in [0.2, 0.25) is 0 Å². The quantitative estimate of drug-likeness (QED) is 0.102. The first-order valence-electron chi connectivity index (χ1n) is 41.2. The summed E-state index contributed by atoms with van der Waals surface area (Å²) in [5, 5.41) is 5.12. The normalized spacial score (nSPS) is 11.4. The summed E-state index contributed by atoms with van der Waals surface area (Å²) in [5.74, 6) is 0. The molecule has 1 aliphatic rings. The Morgan fingerprint density at radius 1 is 0.267 bits per heavy atom. The van der Waals surface area contributed by atoms with Crippen molar-refractivity contribution in [3.8, 4) is 56.3 Å². The average molecular weight is 1870 g/mol. The Morgan fingerprint density at radius 3 is 0.716 bits per heavy atom. The molecule has 19 rings (SSSR count). The van der Waals surface area contributed by atoms with E-state index in [0.29, 0.717) is 0 Å². The standard InChI is InChI=1S/C40H52.C36H24N2.3C11H8N.Ir.Pt/c1-9-33-25-17-26(34(33)10-2)22-28-19-30(38(14-6)36(28)12-4)24-32-20-31(39(15-7)40(32)16-8)23-29-18-27(21-25)35(11-3)37(29)13-5;1-5-19-33-29(15-1)30-16-2-6-20-34(30)37(33)27-13-9-11-25(23-27)26-12-10-14-28(24-26)38-35-21-7-3-17-31(35)32-18-4-8-22-36(32)38;3*1-2-6-10(7-3-1)11-8-4-5-9-12-11;;/h17-20H,9-16,21-24H2,1-8H3;1-24H;3*1-6,8-9H;;/q-4;;3*-1;+3;+4. The summed E-state index contributed by atoms with van der Waals surface area (Å²) in [7, 11) is 0. The number of para-hydroxylation sites is 4. The third-order valence-electron chi connectivity index (χ3n) is 23.0. The number of aromatic nitrogens is 5. The van der Waals surface area contributed by atoms with Gasteiger partial charge in [-0.3, -0.25) is 0 Å². The van der Waals surface area contributed by atoms with E-state index in [0.717, 1.165) is 111 Å².